The van der Waals surface area contributed by atoms with Crippen LogP contribution in [-0.2, 0) is 0 Å². The highest BCUT2D eigenvalue weighted by Crippen LogP contribution is 2.21. The van der Waals surface area contributed by atoms with Crippen molar-refractivity contribution in [3.63, 3.8) is 0 Å². The lowest BCUT2D eigenvalue weighted by Crippen LogP contribution is -2.13. The number of hydrogen-bond donors (Lipinski definition) is 2. The van der Waals surface area contributed by atoms with E-state index < -0.39 is 0 Å². The molecule has 2 aromatic heterocycles. The predicted octanol–water partition coefficient (Wildman–Crippen LogP) is 3.60. The number of amides is 1. The van der Waals surface area contributed by atoms with Gasteiger partial charge in [-0.05, 0) is 36.4 Å². The van der Waals surface area contributed by atoms with Gasteiger partial charge in [0.2, 0.25) is 0 Å². The van der Waals surface area contributed by atoms with Crippen molar-refractivity contribution >= 4 is 39.4 Å². The molecule has 0 radical (unpaired) electrons. The average Bonchev–Trinajstić information content (AvgIpc) is 3.05. The number of thiazole rings is 1. The SMILES string of the molecule is CN(C)c1ccc(NC(=O)c2csc(Nc3cccnc3)n2)cc1. The van der Waals surface area contributed by atoms with Crippen LogP contribution in [0.3, 0.4) is 0 Å². The number of pyridine rings is 1. The van der Waals surface area contributed by atoms with Crippen LogP contribution >= 0.6 is 11.3 Å². The number of nitrogens with zero attached hydrogens (tertiary/aromatic N) is 3. The molecule has 0 saturated heterocycles. The Morgan fingerprint density at radius 2 is 1.92 bits per heavy atom. The number of carbonyl (C=O) groups is 1. The third-order valence-electron chi connectivity index (χ3n) is 3.29. The van der Waals surface area contributed by atoms with Crippen molar-refractivity contribution in [2.75, 3.05) is 29.6 Å². The number of benzene rings is 1. The van der Waals surface area contributed by atoms with E-state index in [-0.39, 0.29) is 5.91 Å². The van der Waals surface area contributed by atoms with Gasteiger partial charge in [-0.25, -0.2) is 4.98 Å². The van der Waals surface area contributed by atoms with Crippen molar-refractivity contribution < 1.29 is 4.79 Å². The fraction of sp³-hybridized carbons (Fsp3) is 0.118. The van der Waals surface area contributed by atoms with Gasteiger partial charge in [-0.2, -0.15) is 0 Å². The second-order valence-electron chi connectivity index (χ2n) is 5.30. The van der Waals surface area contributed by atoms with E-state index in [0.717, 1.165) is 17.1 Å². The van der Waals surface area contributed by atoms with Gasteiger partial charge < -0.3 is 15.5 Å². The van der Waals surface area contributed by atoms with Crippen molar-refractivity contribution in [2.45, 2.75) is 0 Å². The molecule has 0 aliphatic rings. The predicted molar refractivity (Wildman–Crippen MR) is 98.4 cm³/mol. The zero-order valence-electron chi connectivity index (χ0n) is 13.4. The highest BCUT2D eigenvalue weighted by atomic mass is 32.1. The van der Waals surface area contributed by atoms with Gasteiger partial charge in [0, 0.05) is 37.0 Å². The second kappa shape index (κ2) is 7.10. The van der Waals surface area contributed by atoms with Crippen LogP contribution in [0.4, 0.5) is 22.2 Å². The van der Waals surface area contributed by atoms with Crippen LogP contribution in [0.5, 0.6) is 0 Å². The summed E-state index contributed by atoms with van der Waals surface area (Å²) in [5.74, 6) is -0.233. The fourth-order valence-corrected chi connectivity index (χ4v) is 2.74. The molecule has 0 aliphatic heterocycles. The summed E-state index contributed by atoms with van der Waals surface area (Å²) in [5, 5.41) is 8.34. The maximum atomic E-state index is 12.3. The molecule has 0 saturated carbocycles. The summed E-state index contributed by atoms with van der Waals surface area (Å²) < 4.78 is 0. The van der Waals surface area contributed by atoms with Crippen molar-refractivity contribution in [3.8, 4) is 0 Å². The molecule has 122 valence electrons. The Labute approximate surface area is 144 Å². The van der Waals surface area contributed by atoms with Crippen LogP contribution in [0.25, 0.3) is 0 Å². The van der Waals surface area contributed by atoms with E-state index in [9.17, 15) is 4.79 Å². The van der Waals surface area contributed by atoms with Gasteiger partial charge in [-0.1, -0.05) is 0 Å². The maximum absolute atomic E-state index is 12.3. The first-order valence-electron chi connectivity index (χ1n) is 7.33. The van der Waals surface area contributed by atoms with E-state index in [1.165, 1.54) is 11.3 Å². The lowest BCUT2D eigenvalue weighted by Gasteiger charge is -2.12. The number of rotatable bonds is 5. The van der Waals surface area contributed by atoms with E-state index in [0.29, 0.717) is 10.8 Å². The van der Waals surface area contributed by atoms with Gasteiger partial charge >= 0.3 is 0 Å². The lowest BCUT2D eigenvalue weighted by molar-refractivity contribution is 0.102. The molecule has 0 aliphatic carbocycles. The molecular weight excluding hydrogens is 322 g/mol. The number of aromatic nitrogens is 2. The van der Waals surface area contributed by atoms with E-state index >= 15 is 0 Å². The molecule has 2 heterocycles. The molecule has 3 aromatic rings. The first-order chi connectivity index (χ1) is 11.6. The molecule has 24 heavy (non-hydrogen) atoms. The molecule has 0 bridgehead atoms. The van der Waals surface area contributed by atoms with Crippen molar-refractivity contribution in [2.24, 2.45) is 0 Å². The average molecular weight is 339 g/mol. The number of carbonyl (C=O) groups excluding carboxylic acids is 1. The molecule has 3 rings (SSSR count). The minimum Gasteiger partial charge on any atom is -0.378 e. The number of nitrogens with one attached hydrogen (secondary N) is 2. The van der Waals surface area contributed by atoms with Crippen molar-refractivity contribution in [1.82, 2.24) is 9.97 Å². The highest BCUT2D eigenvalue weighted by molar-refractivity contribution is 7.14. The lowest BCUT2D eigenvalue weighted by atomic mass is 10.2. The smallest absolute Gasteiger partial charge is 0.275 e. The van der Waals surface area contributed by atoms with Gasteiger partial charge in [0.1, 0.15) is 5.69 Å². The quantitative estimate of drug-likeness (QED) is 0.743. The van der Waals surface area contributed by atoms with E-state index in [4.69, 9.17) is 0 Å². The summed E-state index contributed by atoms with van der Waals surface area (Å²) in [6.45, 7) is 0. The van der Waals surface area contributed by atoms with Crippen molar-refractivity contribution in [3.05, 3.63) is 59.9 Å². The van der Waals surface area contributed by atoms with Gasteiger partial charge in [0.15, 0.2) is 5.13 Å². The highest BCUT2D eigenvalue weighted by Gasteiger charge is 2.11. The largest absolute Gasteiger partial charge is 0.378 e. The van der Waals surface area contributed by atoms with Gasteiger partial charge in [0.25, 0.3) is 5.91 Å². The van der Waals surface area contributed by atoms with Crippen LogP contribution in [0.2, 0.25) is 0 Å². The third kappa shape index (κ3) is 3.88. The Hall–Kier alpha value is -2.93. The van der Waals surface area contributed by atoms with E-state index in [1.54, 1.807) is 17.8 Å². The Kier molecular flexibility index (Phi) is 4.72. The monoisotopic (exact) mass is 339 g/mol. The molecular formula is C17H17N5OS. The molecule has 0 spiro atoms. The van der Waals surface area contributed by atoms with Crippen LogP contribution < -0.4 is 15.5 Å². The first kappa shape index (κ1) is 15.9. The van der Waals surface area contributed by atoms with Crippen molar-refractivity contribution in [1.29, 1.82) is 0 Å². The molecule has 0 unspecified atom stereocenters. The Balaban J connectivity index is 1.65. The molecule has 7 heteroatoms. The number of anilines is 4. The van der Waals surface area contributed by atoms with Crippen LogP contribution in [0, 0.1) is 0 Å². The van der Waals surface area contributed by atoms with Crippen LogP contribution in [-0.4, -0.2) is 30.0 Å². The summed E-state index contributed by atoms with van der Waals surface area (Å²) in [4.78, 5) is 22.6. The second-order valence-corrected chi connectivity index (χ2v) is 6.16. The molecule has 1 amide bonds. The van der Waals surface area contributed by atoms with Gasteiger partial charge in [0.05, 0.1) is 11.9 Å². The fourth-order valence-electron chi connectivity index (χ4n) is 2.03. The number of hydrogen-bond acceptors (Lipinski definition) is 6. The van der Waals surface area contributed by atoms with E-state index in [2.05, 4.69) is 20.6 Å². The summed E-state index contributed by atoms with van der Waals surface area (Å²) >= 11 is 1.37. The standard InChI is InChI=1S/C17H17N5OS/c1-22(2)14-7-5-12(6-8-14)19-16(23)15-11-24-17(21-15)20-13-4-3-9-18-10-13/h3-11H,1-2H3,(H,19,23)(H,20,21). The zero-order chi connectivity index (χ0) is 16.9. The Morgan fingerprint density at radius 3 is 2.58 bits per heavy atom. The molecule has 1 aromatic carbocycles. The first-order valence-corrected chi connectivity index (χ1v) is 8.21. The Morgan fingerprint density at radius 1 is 1.12 bits per heavy atom. The molecule has 6 nitrogen and oxygen atoms in total. The van der Waals surface area contributed by atoms with Gasteiger partial charge in [-0.15, -0.1) is 11.3 Å². The third-order valence-corrected chi connectivity index (χ3v) is 4.05. The Bertz CT molecular complexity index is 815. The van der Waals surface area contributed by atoms with Crippen LogP contribution in [0.1, 0.15) is 10.5 Å². The normalized spacial score (nSPS) is 10.2. The summed E-state index contributed by atoms with van der Waals surface area (Å²) in [7, 11) is 3.94. The maximum Gasteiger partial charge on any atom is 0.275 e. The topological polar surface area (TPSA) is 70.2 Å². The minimum atomic E-state index is -0.233. The molecule has 2 N–H and O–H groups in total. The van der Waals surface area contributed by atoms with Gasteiger partial charge in [-0.3, -0.25) is 9.78 Å². The van der Waals surface area contributed by atoms with E-state index in [1.807, 2.05) is 55.4 Å². The molecule has 0 atom stereocenters. The minimum absolute atomic E-state index is 0.233. The molecule has 0 fully saturated rings. The summed E-state index contributed by atoms with van der Waals surface area (Å²) in [5.41, 5.74) is 3.02. The zero-order valence-corrected chi connectivity index (χ0v) is 14.2. The summed E-state index contributed by atoms with van der Waals surface area (Å²) in [6, 6.07) is 11.4. The summed E-state index contributed by atoms with van der Waals surface area (Å²) in [6.07, 6.45) is 3.40. The van der Waals surface area contributed by atoms with Crippen LogP contribution in [0.15, 0.2) is 54.2 Å².